The van der Waals surface area contributed by atoms with Crippen molar-refractivity contribution in [1.29, 1.82) is 0 Å². The molecule has 0 rings (SSSR count). The van der Waals surface area contributed by atoms with E-state index < -0.39 is 0 Å². The lowest BCUT2D eigenvalue weighted by molar-refractivity contribution is 0.653. The molecule has 0 aliphatic heterocycles. The van der Waals surface area contributed by atoms with Crippen molar-refractivity contribution in [2.24, 2.45) is 5.73 Å². The largest absolute Gasteiger partial charge is 0.330 e. The molecule has 0 saturated heterocycles. The predicted octanol–water partition coefficient (Wildman–Crippen LogP) is 2.50. The third kappa shape index (κ3) is 10.9. The van der Waals surface area contributed by atoms with Gasteiger partial charge in [0.15, 0.2) is 0 Å². The summed E-state index contributed by atoms with van der Waals surface area (Å²) >= 11 is 0. The zero-order chi connectivity index (χ0) is 6.95. The maximum absolute atomic E-state index is 5.32. The monoisotopic (exact) mass is 163 g/mol. The first-order valence-corrected chi connectivity index (χ1v) is 3.72. The highest BCUT2D eigenvalue weighted by atomic mass is 35.5. The summed E-state index contributed by atoms with van der Waals surface area (Å²) < 4.78 is 0. The highest BCUT2D eigenvalue weighted by Gasteiger charge is 1.84. The maximum atomic E-state index is 5.32. The summed E-state index contributed by atoms with van der Waals surface area (Å²) in [6, 6.07) is 0. The van der Waals surface area contributed by atoms with E-state index in [2.05, 4.69) is 6.58 Å². The maximum Gasteiger partial charge on any atom is -0.00773 e. The van der Waals surface area contributed by atoms with Crippen LogP contribution in [0.5, 0.6) is 0 Å². The van der Waals surface area contributed by atoms with Crippen LogP contribution in [-0.4, -0.2) is 6.54 Å². The first kappa shape index (κ1) is 12.6. The van der Waals surface area contributed by atoms with Gasteiger partial charge in [-0.3, -0.25) is 0 Å². The molecule has 62 valence electrons. The molecule has 0 heterocycles. The van der Waals surface area contributed by atoms with Crippen LogP contribution in [0.15, 0.2) is 12.7 Å². The minimum atomic E-state index is 0. The van der Waals surface area contributed by atoms with Crippen molar-refractivity contribution in [1.82, 2.24) is 0 Å². The highest BCUT2D eigenvalue weighted by Crippen LogP contribution is 2.01. The van der Waals surface area contributed by atoms with Gasteiger partial charge in [0, 0.05) is 0 Å². The zero-order valence-corrected chi connectivity index (χ0v) is 7.33. The fourth-order valence-electron chi connectivity index (χ4n) is 0.787. The zero-order valence-electron chi connectivity index (χ0n) is 6.51. The van der Waals surface area contributed by atoms with Crippen LogP contribution >= 0.6 is 12.4 Å². The molecule has 0 aliphatic rings. The number of nitrogens with two attached hydrogens (primary N) is 1. The van der Waals surface area contributed by atoms with E-state index in [1.54, 1.807) is 0 Å². The van der Waals surface area contributed by atoms with Crippen LogP contribution in [0.4, 0.5) is 0 Å². The average molecular weight is 164 g/mol. The average Bonchev–Trinajstić information content (AvgIpc) is 1.89. The van der Waals surface area contributed by atoms with E-state index in [1.165, 1.54) is 25.7 Å². The van der Waals surface area contributed by atoms with E-state index in [1.807, 2.05) is 6.08 Å². The summed E-state index contributed by atoms with van der Waals surface area (Å²) in [5.74, 6) is 0. The molecule has 0 saturated carbocycles. The van der Waals surface area contributed by atoms with E-state index in [0.29, 0.717) is 0 Å². The van der Waals surface area contributed by atoms with Gasteiger partial charge in [0.05, 0.1) is 0 Å². The van der Waals surface area contributed by atoms with Crippen molar-refractivity contribution in [2.75, 3.05) is 6.54 Å². The summed E-state index contributed by atoms with van der Waals surface area (Å²) in [6.45, 7) is 4.50. The minimum Gasteiger partial charge on any atom is -0.330 e. The van der Waals surface area contributed by atoms with Crippen LogP contribution in [0, 0.1) is 0 Å². The lowest BCUT2D eigenvalue weighted by Crippen LogP contribution is -1.97. The Labute approximate surface area is 70.1 Å². The number of halogens is 1. The molecular weight excluding hydrogens is 146 g/mol. The lowest BCUT2D eigenvalue weighted by atomic mass is 10.1. The second kappa shape index (κ2) is 11.7. The van der Waals surface area contributed by atoms with Crippen molar-refractivity contribution in [3.63, 3.8) is 0 Å². The van der Waals surface area contributed by atoms with Crippen LogP contribution in [0.1, 0.15) is 32.1 Å². The molecule has 0 aromatic rings. The minimum absolute atomic E-state index is 0. The molecule has 0 aromatic carbocycles. The van der Waals surface area contributed by atoms with Crippen LogP contribution in [-0.2, 0) is 0 Å². The van der Waals surface area contributed by atoms with E-state index in [9.17, 15) is 0 Å². The van der Waals surface area contributed by atoms with Crippen molar-refractivity contribution in [3.05, 3.63) is 12.7 Å². The van der Waals surface area contributed by atoms with Gasteiger partial charge in [-0.05, 0) is 25.8 Å². The lowest BCUT2D eigenvalue weighted by Gasteiger charge is -1.94. The SMILES string of the molecule is C=CCCCCCCN.Cl. The molecule has 0 fully saturated rings. The predicted molar refractivity (Wildman–Crippen MR) is 49.6 cm³/mol. The first-order valence-electron chi connectivity index (χ1n) is 3.72. The molecule has 10 heavy (non-hydrogen) atoms. The molecule has 0 aromatic heterocycles. The van der Waals surface area contributed by atoms with Gasteiger partial charge in [-0.25, -0.2) is 0 Å². The van der Waals surface area contributed by atoms with Gasteiger partial charge in [-0.2, -0.15) is 0 Å². The fourth-order valence-corrected chi connectivity index (χ4v) is 0.787. The third-order valence-corrected chi connectivity index (χ3v) is 1.36. The van der Waals surface area contributed by atoms with Crippen LogP contribution < -0.4 is 5.73 Å². The van der Waals surface area contributed by atoms with Gasteiger partial charge in [0.25, 0.3) is 0 Å². The molecule has 0 radical (unpaired) electrons. The van der Waals surface area contributed by atoms with E-state index in [0.717, 1.165) is 13.0 Å². The van der Waals surface area contributed by atoms with Gasteiger partial charge in [0.1, 0.15) is 0 Å². The van der Waals surface area contributed by atoms with E-state index in [-0.39, 0.29) is 12.4 Å². The van der Waals surface area contributed by atoms with Gasteiger partial charge in [0.2, 0.25) is 0 Å². The molecule has 0 atom stereocenters. The second-order valence-electron chi connectivity index (χ2n) is 2.28. The van der Waals surface area contributed by atoms with Gasteiger partial charge < -0.3 is 5.73 Å². The molecule has 0 spiro atoms. The molecule has 0 amide bonds. The molecule has 1 nitrogen and oxygen atoms in total. The number of unbranched alkanes of at least 4 members (excludes halogenated alkanes) is 4. The number of rotatable bonds is 6. The van der Waals surface area contributed by atoms with Crippen LogP contribution in [0.25, 0.3) is 0 Å². The molecule has 0 unspecified atom stereocenters. The fraction of sp³-hybridized carbons (Fsp3) is 0.750. The Balaban J connectivity index is 0. The normalized spacial score (nSPS) is 8.50. The van der Waals surface area contributed by atoms with E-state index >= 15 is 0 Å². The summed E-state index contributed by atoms with van der Waals surface area (Å²) in [7, 11) is 0. The Morgan fingerprint density at radius 3 is 2.20 bits per heavy atom. The number of hydrogen-bond donors (Lipinski definition) is 1. The van der Waals surface area contributed by atoms with Gasteiger partial charge in [-0.1, -0.05) is 18.9 Å². The first-order chi connectivity index (χ1) is 4.41. The third-order valence-electron chi connectivity index (χ3n) is 1.36. The Kier molecular flexibility index (Phi) is 14.9. The molecule has 2 heteroatoms. The van der Waals surface area contributed by atoms with E-state index in [4.69, 9.17) is 5.73 Å². The number of hydrogen-bond acceptors (Lipinski definition) is 1. The van der Waals surface area contributed by atoms with Gasteiger partial charge in [-0.15, -0.1) is 19.0 Å². The second-order valence-corrected chi connectivity index (χ2v) is 2.28. The van der Waals surface area contributed by atoms with Crippen molar-refractivity contribution >= 4 is 12.4 Å². The van der Waals surface area contributed by atoms with Crippen molar-refractivity contribution < 1.29 is 0 Å². The Hall–Kier alpha value is -0.0100. The molecule has 0 bridgehead atoms. The Bertz CT molecular complexity index is 64.3. The summed E-state index contributed by atoms with van der Waals surface area (Å²) in [4.78, 5) is 0. The van der Waals surface area contributed by atoms with Gasteiger partial charge >= 0.3 is 0 Å². The Morgan fingerprint density at radius 1 is 1.10 bits per heavy atom. The number of allylic oxidation sites excluding steroid dienone is 1. The van der Waals surface area contributed by atoms with Crippen LogP contribution in [0.2, 0.25) is 0 Å². The Morgan fingerprint density at radius 2 is 1.70 bits per heavy atom. The highest BCUT2D eigenvalue weighted by molar-refractivity contribution is 5.85. The summed E-state index contributed by atoms with van der Waals surface area (Å²) in [5, 5.41) is 0. The molecular formula is C8H18ClN. The molecule has 2 N–H and O–H groups in total. The van der Waals surface area contributed by atoms with Crippen molar-refractivity contribution in [3.8, 4) is 0 Å². The topological polar surface area (TPSA) is 26.0 Å². The standard InChI is InChI=1S/C8H17N.ClH/c1-2-3-4-5-6-7-8-9;/h2H,1,3-9H2;1H. The smallest absolute Gasteiger partial charge is 0.00773 e. The quantitative estimate of drug-likeness (QED) is 0.473. The molecule has 0 aliphatic carbocycles. The van der Waals surface area contributed by atoms with Crippen molar-refractivity contribution in [2.45, 2.75) is 32.1 Å². The van der Waals surface area contributed by atoms with Crippen LogP contribution in [0.3, 0.4) is 0 Å². The summed E-state index contributed by atoms with van der Waals surface area (Å²) in [5.41, 5.74) is 5.32. The summed E-state index contributed by atoms with van der Waals surface area (Å²) in [6.07, 6.45) is 8.18.